The van der Waals surface area contributed by atoms with Gasteiger partial charge in [-0.3, -0.25) is 0 Å². The van der Waals surface area contributed by atoms with Gasteiger partial charge in [0.2, 0.25) is 0 Å². The molecule has 0 bridgehead atoms. The minimum absolute atomic E-state index is 0.508. The number of aryl methyl sites for hydroxylation is 1. The first kappa shape index (κ1) is 52.9. The van der Waals surface area contributed by atoms with Gasteiger partial charge in [0.25, 0.3) is 0 Å². The van der Waals surface area contributed by atoms with E-state index in [1.165, 1.54) is 50.5 Å². The fourth-order valence-corrected chi connectivity index (χ4v) is 5.44. The second kappa shape index (κ2) is 43.8. The number of ether oxygens (including phenoxy) is 13. The zero-order valence-corrected chi connectivity index (χ0v) is 36.3. The lowest BCUT2D eigenvalue weighted by Gasteiger charge is -2.09. The maximum Gasteiger partial charge on any atom is 0.119 e. The fraction of sp³-hybridized carbons (Fsp3) is 0.739. The summed E-state index contributed by atoms with van der Waals surface area (Å²) in [6, 6.07) is 18.5. The van der Waals surface area contributed by atoms with E-state index >= 15 is 0 Å². The van der Waals surface area contributed by atoms with Crippen LogP contribution < -0.4 is 4.74 Å². The standard InChI is InChI=1S/C46H78O13/c1-2-3-4-5-6-7-9-12-44-15-17-46(18-16-44)59-42-41-57-38-37-55-34-33-53-30-29-51-26-25-49-22-21-47-19-20-48-23-24-50-27-28-52-31-32-54-35-36-56-39-40-58-43-45-13-10-8-11-14-45/h8,10-11,13-18H,2-7,9,12,19-43H2,1H3. The molecule has 2 aromatic carbocycles. The predicted octanol–water partition coefficient (Wildman–Crippen LogP) is 6.76. The minimum atomic E-state index is 0.508. The van der Waals surface area contributed by atoms with E-state index in [9.17, 15) is 0 Å². The highest BCUT2D eigenvalue weighted by atomic mass is 16.6. The van der Waals surface area contributed by atoms with Gasteiger partial charge in [-0.2, -0.15) is 0 Å². The maximum atomic E-state index is 5.79. The van der Waals surface area contributed by atoms with E-state index in [1.807, 2.05) is 30.3 Å². The Balaban J connectivity index is 1.15. The molecule has 0 fully saturated rings. The number of benzene rings is 2. The van der Waals surface area contributed by atoms with Gasteiger partial charge >= 0.3 is 0 Å². The molecule has 0 atom stereocenters. The Morgan fingerprint density at radius 3 is 0.983 bits per heavy atom. The van der Waals surface area contributed by atoms with Crippen LogP contribution in [-0.2, 0) is 69.9 Å². The first-order valence-electron chi connectivity index (χ1n) is 22.1. The molecule has 0 saturated heterocycles. The summed E-state index contributed by atoms with van der Waals surface area (Å²) < 4.78 is 72.2. The lowest BCUT2D eigenvalue weighted by atomic mass is 10.0. The second-order valence-corrected chi connectivity index (χ2v) is 13.6. The summed E-state index contributed by atoms with van der Waals surface area (Å²) in [7, 11) is 0. The molecule has 0 radical (unpaired) electrons. The van der Waals surface area contributed by atoms with Crippen LogP contribution in [0.2, 0.25) is 0 Å². The number of unbranched alkanes of at least 4 members (excludes halogenated alkanes) is 6. The molecule has 2 aromatic rings. The van der Waals surface area contributed by atoms with E-state index in [2.05, 4.69) is 31.2 Å². The highest BCUT2D eigenvalue weighted by Gasteiger charge is 2.00. The third kappa shape index (κ3) is 37.3. The van der Waals surface area contributed by atoms with Crippen molar-refractivity contribution in [3.05, 3.63) is 65.7 Å². The molecule has 13 nitrogen and oxygen atoms in total. The number of rotatable bonds is 47. The van der Waals surface area contributed by atoms with E-state index in [0.717, 1.165) is 17.7 Å². The van der Waals surface area contributed by atoms with Gasteiger partial charge in [-0.1, -0.05) is 87.9 Å². The second-order valence-electron chi connectivity index (χ2n) is 13.6. The molecular weight excluding hydrogens is 760 g/mol. The first-order chi connectivity index (χ1) is 29.4. The van der Waals surface area contributed by atoms with Gasteiger partial charge in [0, 0.05) is 0 Å². The van der Waals surface area contributed by atoms with Crippen LogP contribution >= 0.6 is 0 Å². The Morgan fingerprint density at radius 2 is 0.610 bits per heavy atom. The monoisotopic (exact) mass is 839 g/mol. The summed E-state index contributed by atoms with van der Waals surface area (Å²) in [5, 5.41) is 0. The van der Waals surface area contributed by atoms with Crippen molar-refractivity contribution in [3.8, 4) is 5.75 Å². The molecule has 0 unspecified atom stereocenters. The highest BCUT2D eigenvalue weighted by molar-refractivity contribution is 5.27. The summed E-state index contributed by atoms with van der Waals surface area (Å²) >= 11 is 0. The van der Waals surface area contributed by atoms with Crippen molar-refractivity contribution < 1.29 is 61.6 Å². The van der Waals surface area contributed by atoms with Crippen molar-refractivity contribution in [2.45, 2.75) is 64.9 Å². The SMILES string of the molecule is CCCCCCCCCc1ccc(OCCOCCOCCOCCOCCOCCOCCOCCOCCOCCOCCOCCOCc2ccccc2)cc1. The van der Waals surface area contributed by atoms with Crippen LogP contribution in [0.25, 0.3) is 0 Å². The molecule has 0 spiro atoms. The number of hydrogen-bond acceptors (Lipinski definition) is 13. The van der Waals surface area contributed by atoms with Crippen molar-refractivity contribution in [1.82, 2.24) is 0 Å². The molecule has 340 valence electrons. The van der Waals surface area contributed by atoms with E-state index in [1.54, 1.807) is 0 Å². The molecule has 2 rings (SSSR count). The number of hydrogen-bond donors (Lipinski definition) is 0. The third-order valence-corrected chi connectivity index (χ3v) is 8.69. The Morgan fingerprint density at radius 1 is 0.288 bits per heavy atom. The van der Waals surface area contributed by atoms with Crippen LogP contribution in [0.3, 0.4) is 0 Å². The summed E-state index contributed by atoms with van der Waals surface area (Å²) in [5.74, 6) is 0.886. The van der Waals surface area contributed by atoms with Gasteiger partial charge in [-0.15, -0.1) is 0 Å². The zero-order valence-electron chi connectivity index (χ0n) is 36.3. The molecule has 0 aliphatic rings. The molecule has 0 aliphatic carbocycles. The van der Waals surface area contributed by atoms with Crippen LogP contribution in [0, 0.1) is 0 Å². The quantitative estimate of drug-likeness (QED) is 0.0654. The summed E-state index contributed by atoms with van der Waals surface area (Å²) in [4.78, 5) is 0. The molecule has 0 aliphatic heterocycles. The van der Waals surface area contributed by atoms with Crippen LogP contribution in [0.4, 0.5) is 0 Å². The lowest BCUT2D eigenvalue weighted by Crippen LogP contribution is -2.15. The van der Waals surface area contributed by atoms with E-state index in [-0.39, 0.29) is 0 Å². The first-order valence-corrected chi connectivity index (χ1v) is 22.1. The molecule has 0 amide bonds. The summed E-state index contributed by atoms with van der Waals surface area (Å²) in [6.07, 6.45) is 10.5. The molecular formula is C46H78O13. The zero-order chi connectivity index (χ0) is 41.6. The van der Waals surface area contributed by atoms with Gasteiger partial charge in [0.05, 0.1) is 159 Å². The van der Waals surface area contributed by atoms with Gasteiger partial charge in [-0.05, 0) is 36.1 Å². The van der Waals surface area contributed by atoms with Crippen molar-refractivity contribution in [2.75, 3.05) is 159 Å². The minimum Gasteiger partial charge on any atom is -0.491 e. The average Bonchev–Trinajstić information content (AvgIpc) is 3.26. The predicted molar refractivity (Wildman–Crippen MR) is 229 cm³/mol. The largest absolute Gasteiger partial charge is 0.491 e. The molecule has 0 saturated carbocycles. The Labute approximate surface area is 355 Å². The summed E-state index contributed by atoms with van der Waals surface area (Å²) in [6.45, 7) is 15.3. The molecule has 0 heterocycles. The highest BCUT2D eigenvalue weighted by Crippen LogP contribution is 2.15. The molecule has 0 aromatic heterocycles. The van der Waals surface area contributed by atoms with E-state index < -0.39 is 0 Å². The maximum absolute atomic E-state index is 5.79. The van der Waals surface area contributed by atoms with Crippen molar-refractivity contribution >= 4 is 0 Å². The topological polar surface area (TPSA) is 120 Å². The van der Waals surface area contributed by atoms with Crippen LogP contribution in [0.5, 0.6) is 5.75 Å². The molecule has 59 heavy (non-hydrogen) atoms. The van der Waals surface area contributed by atoms with Crippen LogP contribution in [0.1, 0.15) is 63.0 Å². The lowest BCUT2D eigenvalue weighted by molar-refractivity contribution is -0.0287. The average molecular weight is 839 g/mol. The molecule has 13 heteroatoms. The van der Waals surface area contributed by atoms with Crippen LogP contribution in [-0.4, -0.2) is 159 Å². The van der Waals surface area contributed by atoms with E-state index in [0.29, 0.717) is 165 Å². The molecule has 0 N–H and O–H groups in total. The van der Waals surface area contributed by atoms with E-state index in [4.69, 9.17) is 61.6 Å². The normalized spacial score (nSPS) is 11.5. The van der Waals surface area contributed by atoms with Crippen molar-refractivity contribution in [3.63, 3.8) is 0 Å². The van der Waals surface area contributed by atoms with Crippen molar-refractivity contribution in [1.29, 1.82) is 0 Å². The third-order valence-electron chi connectivity index (χ3n) is 8.69. The van der Waals surface area contributed by atoms with Crippen LogP contribution in [0.15, 0.2) is 54.6 Å². The van der Waals surface area contributed by atoms with Gasteiger partial charge < -0.3 is 61.6 Å². The fourth-order valence-electron chi connectivity index (χ4n) is 5.44. The Bertz CT molecular complexity index is 1100. The van der Waals surface area contributed by atoms with Crippen molar-refractivity contribution in [2.24, 2.45) is 0 Å². The van der Waals surface area contributed by atoms with Gasteiger partial charge in [0.15, 0.2) is 0 Å². The van der Waals surface area contributed by atoms with Gasteiger partial charge in [0.1, 0.15) is 12.4 Å². The van der Waals surface area contributed by atoms with Gasteiger partial charge in [-0.25, -0.2) is 0 Å². The summed E-state index contributed by atoms with van der Waals surface area (Å²) in [5.41, 5.74) is 2.54. The smallest absolute Gasteiger partial charge is 0.119 e. The Kier molecular flexibility index (Phi) is 39.3. The Hall–Kier alpha value is -2.24.